The standard InChI is InChI=1S/C15H22N2O2/c16-14-6-2-1-5-13(14)15(18)17(11-7-8-11)10-12-4-3-9-19-12/h3-4,9,11,13-14H,1-2,5-8,10,16H2. The Morgan fingerprint density at radius 3 is 2.74 bits per heavy atom. The molecule has 2 aliphatic carbocycles. The van der Waals surface area contributed by atoms with Crippen molar-refractivity contribution in [2.45, 2.75) is 57.2 Å². The number of amides is 1. The van der Waals surface area contributed by atoms with Gasteiger partial charge in [-0.15, -0.1) is 0 Å². The molecular formula is C15H22N2O2. The lowest BCUT2D eigenvalue weighted by Gasteiger charge is -2.32. The van der Waals surface area contributed by atoms with E-state index < -0.39 is 0 Å². The minimum atomic E-state index is 0.0179. The van der Waals surface area contributed by atoms with Gasteiger partial charge >= 0.3 is 0 Å². The molecule has 2 saturated carbocycles. The third-order valence-electron chi connectivity index (χ3n) is 4.31. The Bertz CT molecular complexity index is 425. The minimum absolute atomic E-state index is 0.0179. The van der Waals surface area contributed by atoms with Crippen LogP contribution in [0.4, 0.5) is 0 Å². The topological polar surface area (TPSA) is 59.5 Å². The number of carbonyl (C=O) groups is 1. The molecule has 2 unspecified atom stereocenters. The predicted molar refractivity (Wildman–Crippen MR) is 72.2 cm³/mol. The Hall–Kier alpha value is -1.29. The van der Waals surface area contributed by atoms with Gasteiger partial charge < -0.3 is 15.1 Å². The minimum Gasteiger partial charge on any atom is -0.467 e. The van der Waals surface area contributed by atoms with Crippen molar-refractivity contribution >= 4 is 5.91 Å². The fourth-order valence-corrected chi connectivity index (χ4v) is 3.02. The molecule has 0 radical (unpaired) electrons. The molecular weight excluding hydrogens is 240 g/mol. The zero-order valence-corrected chi connectivity index (χ0v) is 11.3. The number of carbonyl (C=O) groups excluding carboxylic acids is 1. The van der Waals surface area contributed by atoms with Gasteiger partial charge in [-0.1, -0.05) is 12.8 Å². The quantitative estimate of drug-likeness (QED) is 0.905. The van der Waals surface area contributed by atoms with Gasteiger partial charge in [-0.3, -0.25) is 4.79 Å². The average Bonchev–Trinajstić information content (AvgIpc) is 3.13. The van der Waals surface area contributed by atoms with Gasteiger partial charge in [0, 0.05) is 12.1 Å². The third-order valence-corrected chi connectivity index (χ3v) is 4.31. The van der Waals surface area contributed by atoms with Gasteiger partial charge in [-0.05, 0) is 37.8 Å². The van der Waals surface area contributed by atoms with Crippen LogP contribution < -0.4 is 5.73 Å². The van der Waals surface area contributed by atoms with E-state index in [9.17, 15) is 4.79 Å². The van der Waals surface area contributed by atoms with E-state index in [0.29, 0.717) is 12.6 Å². The average molecular weight is 262 g/mol. The Kier molecular flexibility index (Phi) is 3.60. The summed E-state index contributed by atoms with van der Waals surface area (Å²) in [5.41, 5.74) is 6.14. The van der Waals surface area contributed by atoms with E-state index in [1.807, 2.05) is 17.0 Å². The van der Waals surface area contributed by atoms with E-state index in [2.05, 4.69) is 0 Å². The summed E-state index contributed by atoms with van der Waals surface area (Å²) >= 11 is 0. The Morgan fingerprint density at radius 1 is 1.32 bits per heavy atom. The van der Waals surface area contributed by atoms with Crippen molar-refractivity contribution in [1.29, 1.82) is 0 Å². The summed E-state index contributed by atoms with van der Waals surface area (Å²) in [6.07, 6.45) is 8.12. The smallest absolute Gasteiger partial charge is 0.227 e. The van der Waals surface area contributed by atoms with Crippen LogP contribution in [0.25, 0.3) is 0 Å². The van der Waals surface area contributed by atoms with Gasteiger partial charge in [-0.2, -0.15) is 0 Å². The second-order valence-corrected chi connectivity index (χ2v) is 5.83. The lowest BCUT2D eigenvalue weighted by atomic mass is 9.84. The molecule has 2 atom stereocenters. The molecule has 1 heterocycles. The van der Waals surface area contributed by atoms with E-state index in [0.717, 1.165) is 44.3 Å². The monoisotopic (exact) mass is 262 g/mol. The van der Waals surface area contributed by atoms with Gasteiger partial charge in [0.15, 0.2) is 0 Å². The van der Waals surface area contributed by atoms with Gasteiger partial charge in [0.1, 0.15) is 5.76 Å². The second-order valence-electron chi connectivity index (χ2n) is 5.83. The summed E-state index contributed by atoms with van der Waals surface area (Å²) in [5, 5.41) is 0. The fraction of sp³-hybridized carbons (Fsp3) is 0.667. The molecule has 0 saturated heterocycles. The molecule has 0 aromatic carbocycles. The number of hydrogen-bond acceptors (Lipinski definition) is 3. The molecule has 1 amide bonds. The van der Waals surface area contributed by atoms with Crippen molar-refractivity contribution in [2.24, 2.45) is 11.7 Å². The molecule has 4 nitrogen and oxygen atoms in total. The maximum absolute atomic E-state index is 12.7. The molecule has 1 aromatic heterocycles. The Balaban J connectivity index is 1.70. The van der Waals surface area contributed by atoms with Crippen molar-refractivity contribution in [3.05, 3.63) is 24.2 Å². The third kappa shape index (κ3) is 2.84. The highest BCUT2D eigenvalue weighted by atomic mass is 16.3. The molecule has 1 aromatic rings. The first-order chi connectivity index (χ1) is 9.25. The summed E-state index contributed by atoms with van der Waals surface area (Å²) in [6, 6.07) is 4.26. The molecule has 2 fully saturated rings. The van der Waals surface area contributed by atoms with Crippen LogP contribution in [0.5, 0.6) is 0 Å². The van der Waals surface area contributed by atoms with E-state index in [1.165, 1.54) is 0 Å². The maximum atomic E-state index is 12.7. The summed E-state index contributed by atoms with van der Waals surface area (Å²) in [4.78, 5) is 14.7. The molecule has 104 valence electrons. The van der Waals surface area contributed by atoms with Crippen molar-refractivity contribution in [2.75, 3.05) is 0 Å². The highest BCUT2D eigenvalue weighted by Gasteiger charge is 2.38. The molecule has 2 N–H and O–H groups in total. The molecule has 0 bridgehead atoms. The molecule has 3 rings (SSSR count). The van der Waals surface area contributed by atoms with Gasteiger partial charge in [0.05, 0.1) is 18.7 Å². The van der Waals surface area contributed by atoms with E-state index in [1.54, 1.807) is 6.26 Å². The van der Waals surface area contributed by atoms with Gasteiger partial charge in [0.25, 0.3) is 0 Å². The number of hydrogen-bond donors (Lipinski definition) is 1. The van der Waals surface area contributed by atoms with Crippen LogP contribution in [0.3, 0.4) is 0 Å². The Morgan fingerprint density at radius 2 is 2.11 bits per heavy atom. The number of rotatable bonds is 4. The first kappa shape index (κ1) is 12.7. The molecule has 0 spiro atoms. The van der Waals surface area contributed by atoms with E-state index >= 15 is 0 Å². The fourth-order valence-electron chi connectivity index (χ4n) is 3.02. The van der Waals surface area contributed by atoms with Crippen molar-refractivity contribution < 1.29 is 9.21 Å². The summed E-state index contributed by atoms with van der Waals surface area (Å²) in [5.74, 6) is 1.13. The molecule has 0 aliphatic heterocycles. The molecule has 19 heavy (non-hydrogen) atoms. The van der Waals surface area contributed by atoms with Crippen LogP contribution in [-0.4, -0.2) is 22.9 Å². The first-order valence-electron chi connectivity index (χ1n) is 7.34. The van der Waals surface area contributed by atoms with Crippen LogP contribution >= 0.6 is 0 Å². The van der Waals surface area contributed by atoms with Crippen molar-refractivity contribution in [1.82, 2.24) is 4.90 Å². The number of nitrogens with two attached hydrogens (primary N) is 1. The largest absolute Gasteiger partial charge is 0.467 e. The molecule has 2 aliphatic rings. The number of nitrogens with zero attached hydrogens (tertiary/aromatic N) is 1. The van der Waals surface area contributed by atoms with Crippen LogP contribution in [0.1, 0.15) is 44.3 Å². The predicted octanol–water partition coefficient (Wildman–Crippen LogP) is 2.29. The summed E-state index contributed by atoms with van der Waals surface area (Å²) in [6.45, 7) is 0.597. The highest BCUT2D eigenvalue weighted by molar-refractivity contribution is 5.80. The normalized spacial score (nSPS) is 27.2. The SMILES string of the molecule is NC1CCCCC1C(=O)N(Cc1ccco1)C1CC1. The van der Waals surface area contributed by atoms with Gasteiger partial charge in [-0.25, -0.2) is 0 Å². The van der Waals surface area contributed by atoms with Crippen LogP contribution in [0.15, 0.2) is 22.8 Å². The van der Waals surface area contributed by atoms with Crippen LogP contribution in [0, 0.1) is 5.92 Å². The second kappa shape index (κ2) is 5.37. The van der Waals surface area contributed by atoms with E-state index in [4.69, 9.17) is 10.2 Å². The number of furan rings is 1. The first-order valence-corrected chi connectivity index (χ1v) is 7.34. The van der Waals surface area contributed by atoms with Crippen molar-refractivity contribution in [3.8, 4) is 0 Å². The summed E-state index contributed by atoms with van der Waals surface area (Å²) < 4.78 is 5.38. The zero-order valence-electron chi connectivity index (χ0n) is 11.3. The van der Waals surface area contributed by atoms with Crippen molar-refractivity contribution in [3.63, 3.8) is 0 Å². The maximum Gasteiger partial charge on any atom is 0.227 e. The van der Waals surface area contributed by atoms with E-state index in [-0.39, 0.29) is 17.9 Å². The molecule has 4 heteroatoms. The zero-order chi connectivity index (χ0) is 13.2. The highest BCUT2D eigenvalue weighted by Crippen LogP contribution is 2.33. The van der Waals surface area contributed by atoms with Crippen LogP contribution in [-0.2, 0) is 11.3 Å². The van der Waals surface area contributed by atoms with Gasteiger partial charge in [0.2, 0.25) is 5.91 Å². The Labute approximate surface area is 113 Å². The lowest BCUT2D eigenvalue weighted by molar-refractivity contribution is -0.138. The van der Waals surface area contributed by atoms with Crippen LogP contribution in [0.2, 0.25) is 0 Å². The summed E-state index contributed by atoms with van der Waals surface area (Å²) in [7, 11) is 0. The lowest BCUT2D eigenvalue weighted by Crippen LogP contribution is -2.46.